The summed E-state index contributed by atoms with van der Waals surface area (Å²) in [7, 11) is -5.42. The number of hydrogen-bond donors (Lipinski definition) is 0. The summed E-state index contributed by atoms with van der Waals surface area (Å²) in [5.74, 6) is 0. The lowest BCUT2D eigenvalue weighted by molar-refractivity contribution is 0.296. The van der Waals surface area contributed by atoms with E-state index < -0.39 is 16.6 Å². The second-order valence-corrected chi connectivity index (χ2v) is 17.3. The van der Waals surface area contributed by atoms with E-state index in [1.165, 1.54) is 20.7 Å². The molecule has 0 aliphatic heterocycles. The molecule has 0 unspecified atom stereocenters. The Bertz CT molecular complexity index is 994. The third-order valence-corrected chi connectivity index (χ3v) is 17.6. The van der Waals surface area contributed by atoms with Crippen LogP contribution in [-0.4, -0.2) is 29.8 Å². The summed E-state index contributed by atoms with van der Waals surface area (Å²) >= 11 is 0. The second kappa shape index (κ2) is 13.7. The van der Waals surface area contributed by atoms with Crippen LogP contribution in [0.3, 0.4) is 0 Å². The minimum absolute atomic E-state index is 0.759. The van der Waals surface area contributed by atoms with Crippen molar-refractivity contribution in [2.45, 2.75) is 45.2 Å². The highest BCUT2D eigenvalue weighted by atomic mass is 28.4. The molecule has 0 radical (unpaired) electrons. The average Bonchev–Trinajstić information content (AvgIpc) is 2.98. The van der Waals surface area contributed by atoms with E-state index in [-0.39, 0.29) is 0 Å². The van der Waals surface area contributed by atoms with E-state index in [2.05, 4.69) is 135 Å². The van der Waals surface area contributed by atoms with Crippen LogP contribution in [0.4, 0.5) is 0 Å². The van der Waals surface area contributed by atoms with Crippen LogP contribution < -0.4 is 20.7 Å². The van der Waals surface area contributed by atoms with Gasteiger partial charge in [0.1, 0.15) is 0 Å². The molecule has 0 fully saturated rings. The topological polar surface area (TPSA) is 18.5 Å². The highest BCUT2D eigenvalue weighted by Crippen LogP contribution is 2.25. The quantitative estimate of drug-likeness (QED) is 0.156. The van der Waals surface area contributed by atoms with Gasteiger partial charge in [-0.25, -0.2) is 0 Å². The van der Waals surface area contributed by atoms with E-state index in [1.807, 2.05) is 0 Å². The van der Waals surface area contributed by atoms with Crippen molar-refractivity contribution in [2.75, 3.05) is 13.2 Å². The van der Waals surface area contributed by atoms with E-state index in [9.17, 15) is 0 Å². The van der Waals surface area contributed by atoms with Crippen molar-refractivity contribution in [3.05, 3.63) is 121 Å². The van der Waals surface area contributed by atoms with Crippen molar-refractivity contribution in [3.8, 4) is 0 Å². The Kier molecular flexibility index (Phi) is 10.1. The fourth-order valence-electron chi connectivity index (χ4n) is 5.14. The van der Waals surface area contributed by atoms with Crippen molar-refractivity contribution in [3.63, 3.8) is 0 Å². The molecule has 0 spiro atoms. The Balaban J connectivity index is 1.98. The Morgan fingerprint density at radius 1 is 0.432 bits per heavy atom. The van der Waals surface area contributed by atoms with Crippen molar-refractivity contribution in [2.24, 2.45) is 0 Å². The molecule has 37 heavy (non-hydrogen) atoms. The highest BCUT2D eigenvalue weighted by molar-refractivity contribution is 7.12. The molecule has 0 saturated heterocycles. The Morgan fingerprint density at radius 2 is 0.703 bits per heavy atom. The maximum absolute atomic E-state index is 7.24. The van der Waals surface area contributed by atoms with E-state index in [0.29, 0.717) is 0 Å². The predicted octanol–water partition coefficient (Wildman–Crippen LogP) is 5.68. The zero-order chi connectivity index (χ0) is 25.8. The minimum Gasteiger partial charge on any atom is -0.408 e. The fourth-order valence-corrected chi connectivity index (χ4v) is 17.3. The van der Waals surface area contributed by atoms with Crippen LogP contribution in [0.2, 0.25) is 5.67 Å². The van der Waals surface area contributed by atoms with E-state index in [1.54, 1.807) is 0 Å². The van der Waals surface area contributed by atoms with Gasteiger partial charge in [-0.3, -0.25) is 0 Å². The highest BCUT2D eigenvalue weighted by Gasteiger charge is 2.52. The van der Waals surface area contributed by atoms with Gasteiger partial charge < -0.3 is 8.85 Å². The maximum Gasteiger partial charge on any atom is 0.256 e. The lowest BCUT2D eigenvalue weighted by Crippen LogP contribution is -2.72. The molecule has 0 N–H and O–H groups in total. The third kappa shape index (κ3) is 6.39. The molecule has 4 aromatic carbocycles. The SMILES string of the molecule is CCCCO[Si](C[Si](OCCCC)(c1ccccc1)c1ccccc1)(c1ccccc1)c1ccccc1. The Labute approximate surface area is 225 Å². The van der Waals surface area contributed by atoms with Crippen LogP contribution in [-0.2, 0) is 8.85 Å². The van der Waals surface area contributed by atoms with Gasteiger partial charge in [0.2, 0.25) is 0 Å². The summed E-state index contributed by atoms with van der Waals surface area (Å²) in [6.45, 7) is 5.99. The predicted molar refractivity (Wildman–Crippen MR) is 162 cm³/mol. The monoisotopic (exact) mass is 524 g/mol. The van der Waals surface area contributed by atoms with E-state index in [4.69, 9.17) is 8.85 Å². The fraction of sp³-hybridized carbons (Fsp3) is 0.273. The van der Waals surface area contributed by atoms with Crippen LogP contribution in [0, 0.1) is 0 Å². The normalized spacial score (nSPS) is 11.9. The molecule has 0 aliphatic rings. The zero-order valence-corrected chi connectivity index (χ0v) is 24.3. The first kappa shape index (κ1) is 27.3. The van der Waals surface area contributed by atoms with Gasteiger partial charge in [0, 0.05) is 18.9 Å². The van der Waals surface area contributed by atoms with Gasteiger partial charge >= 0.3 is 0 Å². The summed E-state index contributed by atoms with van der Waals surface area (Å²) < 4.78 is 14.5. The molecule has 4 rings (SSSR count). The molecular weight excluding hydrogens is 485 g/mol. The van der Waals surface area contributed by atoms with Crippen molar-refractivity contribution in [1.82, 2.24) is 0 Å². The van der Waals surface area contributed by atoms with Gasteiger partial charge in [-0.2, -0.15) is 0 Å². The van der Waals surface area contributed by atoms with Crippen molar-refractivity contribution >= 4 is 37.4 Å². The summed E-state index contributed by atoms with van der Waals surface area (Å²) in [6, 6.07) is 44.0. The molecule has 0 amide bonds. The summed E-state index contributed by atoms with van der Waals surface area (Å²) in [4.78, 5) is 0. The van der Waals surface area contributed by atoms with Gasteiger partial charge in [0.25, 0.3) is 16.6 Å². The number of benzene rings is 4. The first-order valence-corrected chi connectivity index (χ1v) is 18.0. The van der Waals surface area contributed by atoms with Crippen LogP contribution in [0.15, 0.2) is 121 Å². The van der Waals surface area contributed by atoms with Crippen LogP contribution in [0.5, 0.6) is 0 Å². The lowest BCUT2D eigenvalue weighted by atomic mass is 10.4. The average molecular weight is 525 g/mol. The van der Waals surface area contributed by atoms with Gasteiger partial charge in [0.15, 0.2) is 0 Å². The Hall–Kier alpha value is -2.77. The molecule has 2 nitrogen and oxygen atoms in total. The molecule has 0 saturated carbocycles. The molecule has 4 heteroatoms. The Morgan fingerprint density at radius 3 is 0.946 bits per heavy atom. The van der Waals surface area contributed by atoms with E-state index >= 15 is 0 Å². The van der Waals surface area contributed by atoms with Crippen LogP contribution in [0.25, 0.3) is 0 Å². The molecule has 0 aliphatic carbocycles. The molecule has 4 aromatic rings. The molecular formula is C33H40O2Si2. The first-order valence-electron chi connectivity index (χ1n) is 13.7. The lowest BCUT2D eigenvalue weighted by Gasteiger charge is -2.41. The summed E-state index contributed by atoms with van der Waals surface area (Å²) in [6.07, 6.45) is 4.33. The number of rotatable bonds is 14. The zero-order valence-electron chi connectivity index (χ0n) is 22.3. The molecule has 0 bridgehead atoms. The summed E-state index contributed by atoms with van der Waals surface area (Å²) in [5.41, 5.74) is 0.898. The largest absolute Gasteiger partial charge is 0.408 e. The van der Waals surface area contributed by atoms with E-state index in [0.717, 1.165) is 44.6 Å². The molecule has 0 heterocycles. The van der Waals surface area contributed by atoms with Gasteiger partial charge in [-0.1, -0.05) is 148 Å². The van der Waals surface area contributed by atoms with Gasteiger partial charge in [0.05, 0.1) is 0 Å². The third-order valence-electron chi connectivity index (χ3n) is 7.15. The molecule has 0 aromatic heterocycles. The van der Waals surface area contributed by atoms with Gasteiger partial charge in [-0.15, -0.1) is 0 Å². The maximum atomic E-state index is 7.24. The minimum atomic E-state index is -2.71. The smallest absolute Gasteiger partial charge is 0.256 e. The van der Waals surface area contributed by atoms with Crippen LogP contribution >= 0.6 is 0 Å². The van der Waals surface area contributed by atoms with Crippen LogP contribution in [0.1, 0.15) is 39.5 Å². The van der Waals surface area contributed by atoms with Crippen molar-refractivity contribution in [1.29, 1.82) is 0 Å². The summed E-state index contributed by atoms with van der Waals surface area (Å²) in [5, 5.41) is 5.28. The second-order valence-electron chi connectivity index (χ2n) is 9.70. The number of hydrogen-bond acceptors (Lipinski definition) is 2. The molecule has 0 atom stereocenters. The number of unbranched alkanes of at least 4 members (excludes halogenated alkanes) is 2. The van der Waals surface area contributed by atoms with Crippen molar-refractivity contribution < 1.29 is 8.85 Å². The standard InChI is InChI=1S/C33H40O2Si2/c1-3-5-27-34-36(30-19-11-7-12-20-30,31-21-13-8-14-22-31)29-37(35-28-6-4-2,32-23-15-9-16-24-32)33-25-17-10-18-26-33/h7-26H,3-6,27-29H2,1-2H3. The van der Waals surface area contributed by atoms with Gasteiger partial charge in [-0.05, 0) is 33.6 Å². The first-order chi connectivity index (χ1) is 18.2. The molecule has 192 valence electrons.